The SMILES string of the molecule is CC(=S)CC(=O)OC(C)(C)C. The minimum atomic E-state index is -0.401. The molecular formula is C8H14O2S. The van der Waals surface area contributed by atoms with Crippen molar-refractivity contribution in [3.63, 3.8) is 0 Å². The zero-order chi connectivity index (χ0) is 9.07. The largest absolute Gasteiger partial charge is 0.460 e. The standard InChI is InChI=1S/C8H14O2S/c1-6(11)5-7(9)10-8(2,3)4/h5H2,1-4H3. The maximum Gasteiger partial charge on any atom is 0.311 e. The van der Waals surface area contributed by atoms with Crippen LogP contribution >= 0.6 is 12.2 Å². The molecule has 0 bridgehead atoms. The van der Waals surface area contributed by atoms with Crippen LogP contribution in [0.3, 0.4) is 0 Å². The summed E-state index contributed by atoms with van der Waals surface area (Å²) in [5.74, 6) is -0.245. The van der Waals surface area contributed by atoms with E-state index >= 15 is 0 Å². The third-order valence-electron chi connectivity index (χ3n) is 0.813. The molecule has 0 radical (unpaired) electrons. The summed E-state index contributed by atoms with van der Waals surface area (Å²) in [5, 5.41) is 0. The Morgan fingerprint density at radius 2 is 1.91 bits per heavy atom. The van der Waals surface area contributed by atoms with Crippen molar-refractivity contribution >= 4 is 23.1 Å². The first-order valence-corrected chi connectivity index (χ1v) is 3.93. The summed E-state index contributed by atoms with van der Waals surface area (Å²) in [7, 11) is 0. The van der Waals surface area contributed by atoms with Crippen LogP contribution in [0.2, 0.25) is 0 Å². The average molecular weight is 174 g/mol. The van der Waals surface area contributed by atoms with E-state index in [1.54, 1.807) is 6.92 Å². The lowest BCUT2D eigenvalue weighted by atomic mass is 10.2. The molecule has 64 valence electrons. The second kappa shape index (κ2) is 3.81. The number of hydrogen-bond acceptors (Lipinski definition) is 3. The van der Waals surface area contributed by atoms with Crippen LogP contribution in [0, 0.1) is 0 Å². The van der Waals surface area contributed by atoms with E-state index in [2.05, 4.69) is 0 Å². The fourth-order valence-electron chi connectivity index (χ4n) is 0.581. The first-order chi connectivity index (χ1) is 4.81. The summed E-state index contributed by atoms with van der Waals surface area (Å²) in [6, 6.07) is 0. The minimum Gasteiger partial charge on any atom is -0.460 e. The molecule has 0 fully saturated rings. The highest BCUT2D eigenvalue weighted by atomic mass is 32.1. The lowest BCUT2D eigenvalue weighted by molar-refractivity contribution is -0.153. The third-order valence-corrected chi connectivity index (χ3v) is 0.958. The highest BCUT2D eigenvalue weighted by Crippen LogP contribution is 2.08. The second-order valence-electron chi connectivity index (χ2n) is 3.47. The fourth-order valence-corrected chi connectivity index (χ4v) is 0.699. The molecule has 0 aliphatic carbocycles. The predicted molar refractivity (Wildman–Crippen MR) is 48.7 cm³/mol. The van der Waals surface area contributed by atoms with Crippen molar-refractivity contribution in [2.24, 2.45) is 0 Å². The van der Waals surface area contributed by atoms with Crippen LogP contribution in [0.25, 0.3) is 0 Å². The molecular weight excluding hydrogens is 160 g/mol. The van der Waals surface area contributed by atoms with Crippen molar-refractivity contribution in [3.8, 4) is 0 Å². The second-order valence-corrected chi connectivity index (χ2v) is 4.16. The topological polar surface area (TPSA) is 26.3 Å². The molecule has 0 unspecified atom stereocenters. The van der Waals surface area contributed by atoms with Gasteiger partial charge in [-0.05, 0) is 27.7 Å². The van der Waals surface area contributed by atoms with Crippen molar-refractivity contribution in [1.29, 1.82) is 0 Å². The first-order valence-electron chi connectivity index (χ1n) is 3.52. The predicted octanol–water partition coefficient (Wildman–Crippen LogP) is 2.11. The van der Waals surface area contributed by atoms with Crippen LogP contribution < -0.4 is 0 Å². The maximum absolute atomic E-state index is 11.0. The van der Waals surface area contributed by atoms with Crippen LogP contribution in [0.5, 0.6) is 0 Å². The molecule has 0 aromatic carbocycles. The van der Waals surface area contributed by atoms with Crippen LogP contribution in [0.4, 0.5) is 0 Å². The summed E-state index contributed by atoms with van der Waals surface area (Å²) < 4.78 is 5.02. The van der Waals surface area contributed by atoms with Gasteiger partial charge in [-0.1, -0.05) is 12.2 Å². The molecule has 0 aliphatic rings. The quantitative estimate of drug-likeness (QED) is 0.474. The zero-order valence-corrected chi connectivity index (χ0v) is 8.25. The van der Waals surface area contributed by atoms with Gasteiger partial charge in [0.25, 0.3) is 0 Å². The Hall–Kier alpha value is -0.440. The Morgan fingerprint density at radius 1 is 1.45 bits per heavy atom. The summed E-state index contributed by atoms with van der Waals surface area (Å²) in [6.45, 7) is 7.25. The summed E-state index contributed by atoms with van der Waals surface area (Å²) >= 11 is 4.76. The third kappa shape index (κ3) is 7.46. The van der Waals surface area contributed by atoms with E-state index in [1.165, 1.54) is 0 Å². The summed E-state index contributed by atoms with van der Waals surface area (Å²) in [4.78, 5) is 11.6. The number of thiocarbonyl (C=S) groups is 1. The van der Waals surface area contributed by atoms with E-state index in [-0.39, 0.29) is 12.4 Å². The Bertz CT molecular complexity index is 167. The van der Waals surface area contributed by atoms with Gasteiger partial charge in [0, 0.05) is 4.86 Å². The van der Waals surface area contributed by atoms with Crippen molar-refractivity contribution < 1.29 is 9.53 Å². The van der Waals surface area contributed by atoms with Gasteiger partial charge in [0.15, 0.2) is 0 Å². The van der Waals surface area contributed by atoms with Crippen LogP contribution in [-0.4, -0.2) is 16.4 Å². The molecule has 0 N–H and O–H groups in total. The Labute approximate surface area is 72.9 Å². The lowest BCUT2D eigenvalue weighted by Crippen LogP contribution is -2.24. The normalized spacial score (nSPS) is 10.9. The van der Waals surface area contributed by atoms with E-state index in [4.69, 9.17) is 17.0 Å². The van der Waals surface area contributed by atoms with Gasteiger partial charge in [-0.2, -0.15) is 0 Å². The monoisotopic (exact) mass is 174 g/mol. The molecule has 0 aromatic rings. The van der Waals surface area contributed by atoms with Gasteiger partial charge >= 0.3 is 5.97 Å². The number of carbonyl (C=O) groups excluding carboxylic acids is 1. The van der Waals surface area contributed by atoms with E-state index in [1.807, 2.05) is 20.8 Å². The Kier molecular flexibility index (Phi) is 3.66. The molecule has 0 rings (SSSR count). The molecule has 2 nitrogen and oxygen atoms in total. The molecule has 0 aromatic heterocycles. The fraction of sp³-hybridized carbons (Fsp3) is 0.750. The zero-order valence-electron chi connectivity index (χ0n) is 7.43. The van der Waals surface area contributed by atoms with Crippen LogP contribution in [0.1, 0.15) is 34.1 Å². The van der Waals surface area contributed by atoms with Gasteiger partial charge in [0.1, 0.15) is 5.60 Å². The van der Waals surface area contributed by atoms with E-state index < -0.39 is 5.60 Å². The van der Waals surface area contributed by atoms with Crippen LogP contribution in [-0.2, 0) is 9.53 Å². The molecule has 3 heteroatoms. The molecule has 0 spiro atoms. The van der Waals surface area contributed by atoms with E-state index in [9.17, 15) is 4.79 Å². The Morgan fingerprint density at radius 3 is 2.18 bits per heavy atom. The molecule has 0 aliphatic heterocycles. The van der Waals surface area contributed by atoms with E-state index in [0.29, 0.717) is 4.86 Å². The molecule has 0 atom stereocenters. The van der Waals surface area contributed by atoms with Crippen molar-refractivity contribution in [2.75, 3.05) is 0 Å². The first kappa shape index (κ1) is 10.6. The van der Waals surface area contributed by atoms with Gasteiger partial charge in [-0.25, -0.2) is 0 Å². The average Bonchev–Trinajstić information content (AvgIpc) is 1.53. The van der Waals surface area contributed by atoms with Gasteiger partial charge < -0.3 is 4.74 Å². The minimum absolute atomic E-state index is 0.243. The maximum atomic E-state index is 11.0. The molecule has 0 saturated heterocycles. The van der Waals surface area contributed by atoms with Crippen LogP contribution in [0.15, 0.2) is 0 Å². The molecule has 0 heterocycles. The molecule has 11 heavy (non-hydrogen) atoms. The number of rotatable bonds is 2. The summed E-state index contributed by atoms with van der Waals surface area (Å²) in [5.41, 5.74) is -0.401. The van der Waals surface area contributed by atoms with Crippen molar-refractivity contribution in [3.05, 3.63) is 0 Å². The van der Waals surface area contributed by atoms with Gasteiger partial charge in [-0.15, -0.1) is 0 Å². The van der Waals surface area contributed by atoms with Crippen molar-refractivity contribution in [2.45, 2.75) is 39.7 Å². The highest BCUT2D eigenvalue weighted by Gasteiger charge is 2.15. The number of esters is 1. The van der Waals surface area contributed by atoms with E-state index in [0.717, 1.165) is 0 Å². The number of ether oxygens (including phenoxy) is 1. The lowest BCUT2D eigenvalue weighted by Gasteiger charge is -2.19. The van der Waals surface area contributed by atoms with Gasteiger partial charge in [-0.3, -0.25) is 4.79 Å². The Balaban J connectivity index is 3.80. The number of hydrogen-bond donors (Lipinski definition) is 0. The van der Waals surface area contributed by atoms with Crippen molar-refractivity contribution in [1.82, 2.24) is 0 Å². The van der Waals surface area contributed by atoms with Gasteiger partial charge in [0.2, 0.25) is 0 Å². The molecule has 0 saturated carbocycles. The number of carbonyl (C=O) groups is 1. The summed E-state index contributed by atoms with van der Waals surface area (Å²) in [6.07, 6.45) is 0.243. The molecule has 0 amide bonds. The highest BCUT2D eigenvalue weighted by molar-refractivity contribution is 7.80. The smallest absolute Gasteiger partial charge is 0.311 e. The van der Waals surface area contributed by atoms with Gasteiger partial charge in [0.05, 0.1) is 6.42 Å².